The molecule has 0 aromatic rings. The van der Waals surface area contributed by atoms with Crippen molar-refractivity contribution < 1.29 is 29.6 Å². The van der Waals surface area contributed by atoms with Gasteiger partial charge in [0.15, 0.2) is 0 Å². The first-order chi connectivity index (χ1) is 12.9. The average molecular weight is 385 g/mol. The molecule has 0 aliphatic heterocycles. The zero-order valence-electron chi connectivity index (χ0n) is 16.7. The number of ketones is 1. The minimum Gasteiger partial charge on any atom is -0.469 e. The minimum absolute atomic E-state index is 0.0466. The van der Waals surface area contributed by atoms with Crippen molar-refractivity contribution in [1.29, 1.82) is 0 Å². The molecule has 0 heterocycles. The fraction of sp³-hybridized carbons (Fsp3) is 0.810. The lowest BCUT2D eigenvalue weighted by molar-refractivity contribution is -0.140. The van der Waals surface area contributed by atoms with E-state index in [1.807, 2.05) is 0 Å². The molecule has 27 heavy (non-hydrogen) atoms. The second-order valence-corrected chi connectivity index (χ2v) is 7.53. The lowest BCUT2D eigenvalue weighted by Crippen LogP contribution is -2.30. The van der Waals surface area contributed by atoms with Gasteiger partial charge in [-0.3, -0.25) is 9.59 Å². The highest BCUT2D eigenvalue weighted by molar-refractivity contribution is 5.85. The molecule has 0 radical (unpaired) electrons. The third-order valence-corrected chi connectivity index (χ3v) is 5.32. The summed E-state index contributed by atoms with van der Waals surface area (Å²) in [7, 11) is 1.36. The van der Waals surface area contributed by atoms with Gasteiger partial charge in [-0.05, 0) is 19.3 Å². The zero-order chi connectivity index (χ0) is 20.2. The van der Waals surface area contributed by atoms with Crippen molar-refractivity contribution in [2.24, 2.45) is 11.8 Å². The Morgan fingerprint density at radius 2 is 1.89 bits per heavy atom. The van der Waals surface area contributed by atoms with Crippen LogP contribution in [0.2, 0.25) is 0 Å². The second kappa shape index (κ2) is 13.0. The topological polar surface area (TPSA) is 104 Å². The van der Waals surface area contributed by atoms with E-state index in [-0.39, 0.29) is 18.2 Å². The number of hydrogen-bond donors (Lipinski definition) is 3. The van der Waals surface area contributed by atoms with Gasteiger partial charge < -0.3 is 20.1 Å². The Hall–Kier alpha value is -1.24. The fourth-order valence-electron chi connectivity index (χ4n) is 3.69. The van der Waals surface area contributed by atoms with Crippen LogP contribution in [0.25, 0.3) is 0 Å². The first-order valence-corrected chi connectivity index (χ1v) is 10.2. The van der Waals surface area contributed by atoms with Crippen LogP contribution in [0.5, 0.6) is 0 Å². The van der Waals surface area contributed by atoms with E-state index in [1.54, 1.807) is 12.2 Å². The maximum absolute atomic E-state index is 12.2. The molecular formula is C21H36O6. The highest BCUT2D eigenvalue weighted by Crippen LogP contribution is 2.34. The number of unbranched alkanes of at least 4 members (excludes halogenated alkanes) is 4. The number of methoxy groups -OCH3 is 1. The maximum Gasteiger partial charge on any atom is 0.305 e. The summed E-state index contributed by atoms with van der Waals surface area (Å²) in [5.41, 5.74) is 0. The quantitative estimate of drug-likeness (QED) is 0.256. The molecule has 0 bridgehead atoms. The van der Waals surface area contributed by atoms with Crippen molar-refractivity contribution in [3.63, 3.8) is 0 Å². The van der Waals surface area contributed by atoms with Crippen molar-refractivity contribution in [1.82, 2.24) is 0 Å². The van der Waals surface area contributed by atoms with Crippen molar-refractivity contribution in [3.8, 4) is 0 Å². The van der Waals surface area contributed by atoms with E-state index in [0.29, 0.717) is 32.1 Å². The van der Waals surface area contributed by atoms with Crippen LogP contribution in [-0.4, -0.2) is 52.5 Å². The van der Waals surface area contributed by atoms with Gasteiger partial charge >= 0.3 is 5.97 Å². The number of hydrogen-bond acceptors (Lipinski definition) is 6. The van der Waals surface area contributed by atoms with E-state index in [4.69, 9.17) is 0 Å². The van der Waals surface area contributed by atoms with Gasteiger partial charge in [0.25, 0.3) is 0 Å². The third kappa shape index (κ3) is 8.54. The molecular weight excluding hydrogens is 348 g/mol. The minimum atomic E-state index is -0.820. The zero-order valence-corrected chi connectivity index (χ0v) is 16.7. The molecule has 0 aromatic carbocycles. The van der Waals surface area contributed by atoms with Gasteiger partial charge in [-0.2, -0.15) is 0 Å². The Bertz CT molecular complexity index is 475. The highest BCUT2D eigenvalue weighted by atomic mass is 16.5. The normalized spacial score (nSPS) is 25.1. The lowest BCUT2D eigenvalue weighted by atomic mass is 9.86. The molecule has 0 aromatic heterocycles. The Kier molecular flexibility index (Phi) is 11.5. The van der Waals surface area contributed by atoms with Gasteiger partial charge in [0, 0.05) is 18.8 Å². The fourth-order valence-corrected chi connectivity index (χ4v) is 3.69. The molecule has 3 unspecified atom stereocenters. The van der Waals surface area contributed by atoms with E-state index in [9.17, 15) is 24.9 Å². The molecule has 1 aliphatic carbocycles. The van der Waals surface area contributed by atoms with Gasteiger partial charge in [0.2, 0.25) is 0 Å². The molecule has 156 valence electrons. The monoisotopic (exact) mass is 384 g/mol. The molecule has 5 atom stereocenters. The average Bonchev–Trinajstić information content (AvgIpc) is 2.92. The molecule has 1 fully saturated rings. The number of carbonyl (C=O) groups excluding carboxylic acids is 2. The van der Waals surface area contributed by atoms with Gasteiger partial charge in [-0.1, -0.05) is 51.2 Å². The molecule has 3 N–H and O–H groups in total. The first-order valence-electron chi connectivity index (χ1n) is 10.2. The van der Waals surface area contributed by atoms with Crippen molar-refractivity contribution >= 4 is 11.8 Å². The summed E-state index contributed by atoms with van der Waals surface area (Å²) in [6, 6.07) is 0. The molecule has 1 aliphatic rings. The van der Waals surface area contributed by atoms with Crippen molar-refractivity contribution in [3.05, 3.63) is 12.2 Å². The maximum atomic E-state index is 12.2. The van der Waals surface area contributed by atoms with Crippen molar-refractivity contribution in [2.45, 2.75) is 89.4 Å². The number of rotatable bonds is 13. The van der Waals surface area contributed by atoms with E-state index in [1.165, 1.54) is 7.11 Å². The van der Waals surface area contributed by atoms with Crippen LogP contribution in [0.15, 0.2) is 12.2 Å². The predicted molar refractivity (Wildman–Crippen MR) is 103 cm³/mol. The Balaban J connectivity index is 2.49. The Labute approximate surface area is 162 Å². The van der Waals surface area contributed by atoms with E-state index < -0.39 is 30.1 Å². The summed E-state index contributed by atoms with van der Waals surface area (Å²) < 4.78 is 4.59. The van der Waals surface area contributed by atoms with Crippen LogP contribution < -0.4 is 0 Å². The van der Waals surface area contributed by atoms with Crippen LogP contribution >= 0.6 is 0 Å². The van der Waals surface area contributed by atoms with E-state index in [2.05, 4.69) is 11.7 Å². The van der Waals surface area contributed by atoms with Gasteiger partial charge in [-0.25, -0.2) is 0 Å². The third-order valence-electron chi connectivity index (χ3n) is 5.32. The SMILES string of the molecule is CCCCC[C@H](O)/C=C/C1C(C(O)CCCCCC(=O)OC)C(=O)C[C@H]1O. The number of aliphatic hydroxyl groups is 3. The summed E-state index contributed by atoms with van der Waals surface area (Å²) in [5.74, 6) is -1.45. The summed E-state index contributed by atoms with van der Waals surface area (Å²) in [6.45, 7) is 2.10. The Morgan fingerprint density at radius 1 is 1.19 bits per heavy atom. The van der Waals surface area contributed by atoms with E-state index in [0.717, 1.165) is 25.7 Å². The number of ether oxygens (including phenoxy) is 1. The number of carbonyl (C=O) groups is 2. The smallest absolute Gasteiger partial charge is 0.305 e. The van der Waals surface area contributed by atoms with Crippen LogP contribution in [0.1, 0.15) is 71.1 Å². The van der Waals surface area contributed by atoms with Gasteiger partial charge in [-0.15, -0.1) is 0 Å². The lowest BCUT2D eigenvalue weighted by Gasteiger charge is -2.23. The van der Waals surface area contributed by atoms with Gasteiger partial charge in [0.1, 0.15) is 5.78 Å². The highest BCUT2D eigenvalue weighted by Gasteiger charge is 2.43. The van der Waals surface area contributed by atoms with Crippen LogP contribution in [0.3, 0.4) is 0 Å². The standard InChI is InChI=1S/C21H36O6/c1-3-4-6-9-15(22)12-13-16-18(24)14-19(25)21(16)17(23)10-7-5-8-11-20(26)27-2/h12-13,15-18,21-24H,3-11,14H2,1-2H3/b13-12+/t15-,16?,17?,18+,21?/m0/s1. The summed E-state index contributed by atoms with van der Waals surface area (Å²) >= 11 is 0. The summed E-state index contributed by atoms with van der Waals surface area (Å²) in [4.78, 5) is 23.3. The number of esters is 1. The molecule has 6 heteroatoms. The largest absolute Gasteiger partial charge is 0.469 e. The number of aliphatic hydroxyl groups excluding tert-OH is 3. The molecule has 0 saturated heterocycles. The van der Waals surface area contributed by atoms with Crippen molar-refractivity contribution in [2.75, 3.05) is 7.11 Å². The van der Waals surface area contributed by atoms with Crippen LogP contribution in [0, 0.1) is 11.8 Å². The molecule has 0 amide bonds. The molecule has 1 saturated carbocycles. The molecule has 6 nitrogen and oxygen atoms in total. The number of Topliss-reactive ketones (excluding diaryl/α,β-unsaturated/α-hetero) is 1. The second-order valence-electron chi connectivity index (χ2n) is 7.53. The first kappa shape index (κ1) is 23.8. The van der Waals surface area contributed by atoms with Crippen LogP contribution in [0.4, 0.5) is 0 Å². The van der Waals surface area contributed by atoms with Crippen LogP contribution in [-0.2, 0) is 14.3 Å². The predicted octanol–water partition coefficient (Wildman–Crippen LogP) is 2.53. The van der Waals surface area contributed by atoms with Gasteiger partial charge in [0.05, 0.1) is 31.3 Å². The summed E-state index contributed by atoms with van der Waals surface area (Å²) in [6.07, 6.45) is 7.90. The summed E-state index contributed by atoms with van der Waals surface area (Å²) in [5, 5.41) is 30.7. The Morgan fingerprint density at radius 3 is 2.56 bits per heavy atom. The molecule has 0 spiro atoms. The van der Waals surface area contributed by atoms with E-state index >= 15 is 0 Å². The molecule has 1 rings (SSSR count).